The van der Waals surface area contributed by atoms with Crippen LogP contribution >= 0.6 is 15.9 Å². The van der Waals surface area contributed by atoms with Crippen molar-refractivity contribution >= 4 is 27.3 Å². The highest BCUT2D eigenvalue weighted by atomic mass is 79.9. The molecule has 15 heavy (non-hydrogen) atoms. The summed E-state index contributed by atoms with van der Waals surface area (Å²) >= 11 is 2.52. The van der Waals surface area contributed by atoms with Crippen LogP contribution < -0.4 is 0 Å². The molecule has 0 radical (unpaired) electrons. The number of nitro groups is 2. The lowest BCUT2D eigenvalue weighted by molar-refractivity contribution is -0.401. The summed E-state index contributed by atoms with van der Waals surface area (Å²) in [6.45, 7) is 0. The van der Waals surface area contributed by atoms with Crippen LogP contribution in [0.3, 0.4) is 0 Å². The Bertz CT molecular complexity index is 465. The fraction of sp³-hybridized carbons (Fsp3) is 0. The topological polar surface area (TPSA) is 86.3 Å². The zero-order valence-electron chi connectivity index (χ0n) is 6.74. The van der Waals surface area contributed by atoms with E-state index in [4.69, 9.17) is 0 Å². The van der Waals surface area contributed by atoms with E-state index in [0.29, 0.717) is 6.07 Å². The Balaban J connectivity index is 3.63. The van der Waals surface area contributed by atoms with Gasteiger partial charge in [0, 0.05) is 6.07 Å². The van der Waals surface area contributed by atoms with E-state index in [0.717, 1.165) is 0 Å². The molecule has 9 heteroatoms. The van der Waals surface area contributed by atoms with Gasteiger partial charge in [0.15, 0.2) is 0 Å². The second-order valence-corrected chi connectivity index (χ2v) is 3.22. The van der Waals surface area contributed by atoms with Gasteiger partial charge >= 0.3 is 11.4 Å². The van der Waals surface area contributed by atoms with Crippen LogP contribution in [-0.4, -0.2) is 9.85 Å². The molecule has 0 atom stereocenters. The van der Waals surface area contributed by atoms with Crippen molar-refractivity contribution in [2.45, 2.75) is 0 Å². The third kappa shape index (κ3) is 1.91. The van der Waals surface area contributed by atoms with Gasteiger partial charge in [-0.2, -0.15) is 8.78 Å². The Morgan fingerprint density at radius 1 is 1.13 bits per heavy atom. The average molecular weight is 283 g/mol. The van der Waals surface area contributed by atoms with Gasteiger partial charge in [0.05, 0.1) is 14.3 Å². The molecule has 0 N–H and O–H groups in total. The van der Waals surface area contributed by atoms with Crippen molar-refractivity contribution in [2.24, 2.45) is 0 Å². The summed E-state index contributed by atoms with van der Waals surface area (Å²) < 4.78 is 25.5. The monoisotopic (exact) mass is 282 g/mol. The maximum atomic E-state index is 13.1. The molecule has 0 amide bonds. The van der Waals surface area contributed by atoms with Crippen LogP contribution in [0, 0.1) is 31.9 Å². The zero-order chi connectivity index (χ0) is 11.7. The molecule has 0 spiro atoms. The first kappa shape index (κ1) is 11.4. The molecular weight excluding hydrogens is 282 g/mol. The van der Waals surface area contributed by atoms with Gasteiger partial charge in [0.2, 0.25) is 5.82 Å². The fourth-order valence-corrected chi connectivity index (χ4v) is 1.28. The molecule has 1 rings (SSSR count). The molecule has 0 bridgehead atoms. The molecule has 0 aliphatic rings. The van der Waals surface area contributed by atoms with E-state index < -0.39 is 37.3 Å². The molecule has 1 aromatic carbocycles. The predicted octanol–water partition coefficient (Wildman–Crippen LogP) is 2.54. The maximum absolute atomic E-state index is 13.1. The van der Waals surface area contributed by atoms with Crippen molar-refractivity contribution in [2.75, 3.05) is 0 Å². The summed E-state index contributed by atoms with van der Waals surface area (Å²) in [5.41, 5.74) is -2.70. The number of benzene rings is 1. The van der Waals surface area contributed by atoms with Crippen molar-refractivity contribution < 1.29 is 18.6 Å². The lowest BCUT2D eigenvalue weighted by Gasteiger charge is -1.99. The molecule has 0 heterocycles. The summed E-state index contributed by atoms with van der Waals surface area (Å²) in [6.07, 6.45) is 0. The third-order valence-electron chi connectivity index (χ3n) is 1.49. The van der Waals surface area contributed by atoms with Gasteiger partial charge in [-0.1, -0.05) is 0 Å². The van der Waals surface area contributed by atoms with Crippen molar-refractivity contribution in [3.05, 3.63) is 42.4 Å². The first-order valence-corrected chi connectivity index (χ1v) is 4.11. The van der Waals surface area contributed by atoms with Gasteiger partial charge in [-0.05, 0) is 15.9 Å². The van der Waals surface area contributed by atoms with Crippen LogP contribution in [0.5, 0.6) is 0 Å². The van der Waals surface area contributed by atoms with Crippen LogP contribution in [0.2, 0.25) is 0 Å². The molecular formula is C6HBrF2N2O4. The van der Waals surface area contributed by atoms with Crippen molar-refractivity contribution in [1.29, 1.82) is 0 Å². The van der Waals surface area contributed by atoms with Gasteiger partial charge in [0.1, 0.15) is 0 Å². The highest BCUT2D eigenvalue weighted by molar-refractivity contribution is 9.10. The molecule has 0 aliphatic carbocycles. The van der Waals surface area contributed by atoms with E-state index in [2.05, 4.69) is 15.9 Å². The highest BCUT2D eigenvalue weighted by Crippen LogP contribution is 2.34. The number of halogens is 3. The van der Waals surface area contributed by atoms with Gasteiger partial charge in [0.25, 0.3) is 5.82 Å². The van der Waals surface area contributed by atoms with E-state index in [1.54, 1.807) is 0 Å². The number of nitro benzene ring substituents is 2. The standard InChI is InChI=1S/C6HBrF2N2O4/c7-2-1-3(10(12)13)5(9)6(4(2)8)11(14)15/h1H. The quantitative estimate of drug-likeness (QED) is 0.474. The number of hydrogen-bond acceptors (Lipinski definition) is 4. The highest BCUT2D eigenvalue weighted by Gasteiger charge is 2.32. The van der Waals surface area contributed by atoms with Crippen molar-refractivity contribution in [3.8, 4) is 0 Å². The molecule has 0 aliphatic heterocycles. The van der Waals surface area contributed by atoms with Gasteiger partial charge in [-0.15, -0.1) is 0 Å². The molecule has 0 saturated carbocycles. The summed E-state index contributed by atoms with van der Waals surface area (Å²) in [6, 6.07) is 0.525. The second kappa shape index (κ2) is 3.85. The van der Waals surface area contributed by atoms with E-state index >= 15 is 0 Å². The molecule has 80 valence electrons. The van der Waals surface area contributed by atoms with Crippen LogP contribution in [0.25, 0.3) is 0 Å². The number of hydrogen-bond donors (Lipinski definition) is 0. The van der Waals surface area contributed by atoms with Crippen LogP contribution in [0.4, 0.5) is 20.2 Å². The zero-order valence-corrected chi connectivity index (χ0v) is 8.32. The molecule has 0 unspecified atom stereocenters. The normalized spacial score (nSPS) is 10.1. The maximum Gasteiger partial charge on any atom is 0.348 e. The fourth-order valence-electron chi connectivity index (χ4n) is 0.871. The molecule has 6 nitrogen and oxygen atoms in total. The molecule has 0 saturated heterocycles. The summed E-state index contributed by atoms with van der Waals surface area (Å²) in [4.78, 5) is 18.0. The minimum Gasteiger partial charge on any atom is -0.258 e. The number of nitrogens with zero attached hydrogens (tertiary/aromatic N) is 2. The minimum atomic E-state index is -1.80. The lowest BCUT2D eigenvalue weighted by Crippen LogP contribution is -2.02. The smallest absolute Gasteiger partial charge is 0.258 e. The summed E-state index contributed by atoms with van der Waals surface area (Å²) in [5.74, 6) is -3.28. The van der Waals surface area contributed by atoms with E-state index in [1.165, 1.54) is 0 Å². The Hall–Kier alpha value is -1.64. The van der Waals surface area contributed by atoms with Crippen molar-refractivity contribution in [3.63, 3.8) is 0 Å². The van der Waals surface area contributed by atoms with E-state index in [9.17, 15) is 29.0 Å². The van der Waals surface area contributed by atoms with Gasteiger partial charge in [-0.25, -0.2) is 0 Å². The second-order valence-electron chi connectivity index (χ2n) is 2.37. The molecule has 1 aromatic rings. The lowest BCUT2D eigenvalue weighted by atomic mass is 10.2. The Morgan fingerprint density at radius 2 is 1.67 bits per heavy atom. The Kier molecular flexibility index (Phi) is 2.93. The largest absolute Gasteiger partial charge is 0.348 e. The first-order chi connectivity index (χ1) is 6.86. The Morgan fingerprint density at radius 3 is 2.07 bits per heavy atom. The average Bonchev–Trinajstić information content (AvgIpc) is 2.10. The summed E-state index contributed by atoms with van der Waals surface area (Å²) in [5, 5.41) is 20.5. The summed E-state index contributed by atoms with van der Waals surface area (Å²) in [7, 11) is 0. The first-order valence-electron chi connectivity index (χ1n) is 3.32. The van der Waals surface area contributed by atoms with Crippen molar-refractivity contribution in [1.82, 2.24) is 0 Å². The van der Waals surface area contributed by atoms with Crippen LogP contribution in [0.15, 0.2) is 10.5 Å². The van der Waals surface area contributed by atoms with E-state index in [-0.39, 0.29) is 0 Å². The molecule has 0 aromatic heterocycles. The van der Waals surface area contributed by atoms with Crippen LogP contribution in [-0.2, 0) is 0 Å². The van der Waals surface area contributed by atoms with E-state index in [1.807, 2.05) is 0 Å². The molecule has 0 fully saturated rings. The minimum absolute atomic E-state index is 0.525. The van der Waals surface area contributed by atoms with Crippen LogP contribution in [0.1, 0.15) is 0 Å². The Labute approximate surface area is 88.9 Å². The van der Waals surface area contributed by atoms with Gasteiger partial charge < -0.3 is 0 Å². The number of rotatable bonds is 2. The predicted molar refractivity (Wildman–Crippen MR) is 47.4 cm³/mol. The van der Waals surface area contributed by atoms with Gasteiger partial charge in [-0.3, -0.25) is 20.2 Å². The SMILES string of the molecule is O=[N+]([O-])c1cc(Br)c(F)c([N+](=O)[O-])c1F. The third-order valence-corrected chi connectivity index (χ3v) is 2.07.